The maximum atomic E-state index is 11.7. The molecule has 1 saturated carbocycles. The van der Waals surface area contributed by atoms with Gasteiger partial charge in [0.2, 0.25) is 0 Å². The molecule has 0 aromatic carbocycles. The van der Waals surface area contributed by atoms with Gasteiger partial charge in [0, 0.05) is 6.20 Å². The van der Waals surface area contributed by atoms with Gasteiger partial charge in [-0.3, -0.25) is 0 Å². The van der Waals surface area contributed by atoms with E-state index in [9.17, 15) is 9.90 Å². The summed E-state index contributed by atoms with van der Waals surface area (Å²) in [6.45, 7) is 8.48. The molecule has 0 radical (unpaired) electrons. The van der Waals surface area contributed by atoms with Crippen molar-refractivity contribution in [3.05, 3.63) is 12.4 Å². The molecule has 94 valence electrons. The summed E-state index contributed by atoms with van der Waals surface area (Å²) in [6.07, 6.45) is 4.33. The molecular weight excluding hydrogens is 218 g/mol. The fraction of sp³-hybridized carbons (Fsp3) is 0.750. The SMILES string of the molecule is CC1(C)CC(C(=O)O)(n2ccnn2)CC1(C)C. The fourth-order valence-electron chi connectivity index (χ4n) is 2.85. The summed E-state index contributed by atoms with van der Waals surface area (Å²) >= 11 is 0. The van der Waals surface area contributed by atoms with Crippen molar-refractivity contribution in [2.24, 2.45) is 10.8 Å². The topological polar surface area (TPSA) is 68.0 Å². The van der Waals surface area contributed by atoms with E-state index >= 15 is 0 Å². The lowest BCUT2D eigenvalue weighted by molar-refractivity contribution is -0.148. The molecular formula is C12H19N3O2. The van der Waals surface area contributed by atoms with Crippen molar-refractivity contribution in [3.63, 3.8) is 0 Å². The second-order valence-corrected chi connectivity index (χ2v) is 6.31. The zero-order valence-corrected chi connectivity index (χ0v) is 10.8. The van der Waals surface area contributed by atoms with Gasteiger partial charge in [0.1, 0.15) is 0 Å². The van der Waals surface area contributed by atoms with E-state index in [0.717, 1.165) is 0 Å². The van der Waals surface area contributed by atoms with Crippen molar-refractivity contribution >= 4 is 5.97 Å². The minimum Gasteiger partial charge on any atom is -0.479 e. The van der Waals surface area contributed by atoms with E-state index in [1.807, 2.05) is 0 Å². The maximum absolute atomic E-state index is 11.7. The van der Waals surface area contributed by atoms with Gasteiger partial charge in [-0.05, 0) is 23.7 Å². The third-order valence-electron chi connectivity index (χ3n) is 4.56. The van der Waals surface area contributed by atoms with Crippen LogP contribution >= 0.6 is 0 Å². The second kappa shape index (κ2) is 3.31. The van der Waals surface area contributed by atoms with Crippen LogP contribution in [0.2, 0.25) is 0 Å². The van der Waals surface area contributed by atoms with Gasteiger partial charge in [0.05, 0.1) is 6.20 Å². The van der Waals surface area contributed by atoms with E-state index in [2.05, 4.69) is 38.0 Å². The summed E-state index contributed by atoms with van der Waals surface area (Å²) in [4.78, 5) is 11.7. The average Bonchev–Trinajstić information content (AvgIpc) is 2.72. The molecule has 0 amide bonds. The Morgan fingerprint density at radius 3 is 2.12 bits per heavy atom. The van der Waals surface area contributed by atoms with Crippen LogP contribution in [0.25, 0.3) is 0 Å². The minimum atomic E-state index is -0.955. The quantitative estimate of drug-likeness (QED) is 0.853. The van der Waals surface area contributed by atoms with Crippen LogP contribution in [0, 0.1) is 10.8 Å². The monoisotopic (exact) mass is 237 g/mol. The Hall–Kier alpha value is -1.39. The van der Waals surface area contributed by atoms with Crippen molar-refractivity contribution < 1.29 is 9.90 Å². The van der Waals surface area contributed by atoms with Gasteiger partial charge in [-0.1, -0.05) is 32.9 Å². The van der Waals surface area contributed by atoms with E-state index in [4.69, 9.17) is 0 Å². The van der Waals surface area contributed by atoms with Crippen LogP contribution in [0.15, 0.2) is 12.4 Å². The van der Waals surface area contributed by atoms with Crippen LogP contribution in [0.1, 0.15) is 40.5 Å². The van der Waals surface area contributed by atoms with E-state index in [-0.39, 0.29) is 10.8 Å². The van der Waals surface area contributed by atoms with Crippen LogP contribution in [0.4, 0.5) is 0 Å². The van der Waals surface area contributed by atoms with Gasteiger partial charge in [-0.2, -0.15) is 0 Å². The molecule has 5 heteroatoms. The minimum absolute atomic E-state index is 0.0443. The zero-order chi connectivity index (χ0) is 12.9. The van der Waals surface area contributed by atoms with E-state index in [1.165, 1.54) is 10.9 Å². The van der Waals surface area contributed by atoms with Gasteiger partial charge in [-0.25, -0.2) is 9.48 Å². The van der Waals surface area contributed by atoms with Crippen molar-refractivity contribution in [1.82, 2.24) is 15.0 Å². The Kier molecular flexibility index (Phi) is 2.35. The predicted molar refractivity (Wildman–Crippen MR) is 62.4 cm³/mol. The van der Waals surface area contributed by atoms with Crippen molar-refractivity contribution in [2.45, 2.75) is 46.1 Å². The Morgan fingerprint density at radius 1 is 1.24 bits per heavy atom. The van der Waals surface area contributed by atoms with Crippen LogP contribution < -0.4 is 0 Å². The third kappa shape index (κ3) is 1.56. The molecule has 5 nitrogen and oxygen atoms in total. The van der Waals surface area contributed by atoms with Crippen molar-refractivity contribution in [3.8, 4) is 0 Å². The van der Waals surface area contributed by atoms with Gasteiger partial charge in [0.25, 0.3) is 0 Å². The number of carbonyl (C=O) groups is 1. The van der Waals surface area contributed by atoms with E-state index in [0.29, 0.717) is 12.8 Å². The first kappa shape index (κ1) is 12.1. The average molecular weight is 237 g/mol. The molecule has 17 heavy (non-hydrogen) atoms. The predicted octanol–water partition coefficient (Wildman–Crippen LogP) is 1.90. The highest BCUT2D eigenvalue weighted by atomic mass is 16.4. The zero-order valence-electron chi connectivity index (χ0n) is 10.8. The Labute approximate surface area is 101 Å². The highest BCUT2D eigenvalue weighted by Gasteiger charge is 2.59. The number of carboxylic acids is 1. The number of hydrogen-bond donors (Lipinski definition) is 1. The highest BCUT2D eigenvalue weighted by Crippen LogP contribution is 2.58. The lowest BCUT2D eigenvalue weighted by Crippen LogP contribution is -2.41. The molecule has 0 atom stereocenters. The van der Waals surface area contributed by atoms with Crippen molar-refractivity contribution in [1.29, 1.82) is 0 Å². The number of rotatable bonds is 2. The Bertz CT molecular complexity index is 419. The molecule has 1 aromatic rings. The van der Waals surface area contributed by atoms with Crippen LogP contribution in [-0.2, 0) is 10.3 Å². The lowest BCUT2D eigenvalue weighted by Gasteiger charge is -2.33. The smallest absolute Gasteiger partial charge is 0.331 e. The first-order valence-corrected chi connectivity index (χ1v) is 5.82. The number of carboxylic acid groups (broad SMARTS) is 1. The number of nitrogens with zero attached hydrogens (tertiary/aromatic N) is 3. The summed E-state index contributed by atoms with van der Waals surface area (Å²) in [5.74, 6) is -0.818. The first-order chi connectivity index (χ1) is 7.71. The van der Waals surface area contributed by atoms with Gasteiger partial charge >= 0.3 is 5.97 Å². The molecule has 1 fully saturated rings. The summed E-state index contributed by atoms with van der Waals surface area (Å²) in [7, 11) is 0. The Balaban J connectivity index is 2.51. The molecule has 1 heterocycles. The fourth-order valence-corrected chi connectivity index (χ4v) is 2.85. The van der Waals surface area contributed by atoms with Gasteiger partial charge < -0.3 is 5.11 Å². The molecule has 1 N–H and O–H groups in total. The number of aliphatic carboxylic acids is 1. The van der Waals surface area contributed by atoms with Gasteiger partial charge in [0.15, 0.2) is 5.54 Å². The maximum Gasteiger partial charge on any atom is 0.331 e. The van der Waals surface area contributed by atoms with Crippen molar-refractivity contribution in [2.75, 3.05) is 0 Å². The highest BCUT2D eigenvalue weighted by molar-refractivity contribution is 5.77. The molecule has 1 aromatic heterocycles. The van der Waals surface area contributed by atoms with E-state index in [1.54, 1.807) is 6.20 Å². The van der Waals surface area contributed by atoms with Crippen LogP contribution in [0.5, 0.6) is 0 Å². The number of hydrogen-bond acceptors (Lipinski definition) is 3. The molecule has 1 aliphatic rings. The Morgan fingerprint density at radius 2 is 1.76 bits per heavy atom. The third-order valence-corrected chi connectivity index (χ3v) is 4.56. The van der Waals surface area contributed by atoms with Crippen LogP contribution in [0.3, 0.4) is 0 Å². The normalized spacial score (nSPS) is 24.7. The van der Waals surface area contributed by atoms with Crippen LogP contribution in [-0.4, -0.2) is 26.1 Å². The molecule has 0 saturated heterocycles. The summed E-state index contributed by atoms with van der Waals surface area (Å²) in [6, 6.07) is 0. The molecule has 0 aliphatic heterocycles. The summed E-state index contributed by atoms with van der Waals surface area (Å²) in [5, 5.41) is 17.3. The molecule has 1 aliphatic carbocycles. The summed E-state index contributed by atoms with van der Waals surface area (Å²) in [5.41, 5.74) is -1.04. The molecule has 0 unspecified atom stereocenters. The van der Waals surface area contributed by atoms with E-state index < -0.39 is 11.5 Å². The standard InChI is InChI=1S/C12H19N3O2/c1-10(2)7-12(9(16)17,8-11(10,3)4)15-6-5-13-14-15/h5-6H,7-8H2,1-4H3,(H,16,17). The second-order valence-electron chi connectivity index (χ2n) is 6.31. The molecule has 0 spiro atoms. The number of aromatic nitrogens is 3. The first-order valence-electron chi connectivity index (χ1n) is 5.82. The summed E-state index contributed by atoms with van der Waals surface area (Å²) < 4.78 is 1.51. The van der Waals surface area contributed by atoms with Gasteiger partial charge in [-0.15, -0.1) is 5.10 Å². The largest absolute Gasteiger partial charge is 0.479 e. The molecule has 2 rings (SSSR count). The lowest BCUT2D eigenvalue weighted by atomic mass is 9.71. The molecule has 0 bridgehead atoms.